The van der Waals surface area contributed by atoms with Crippen molar-refractivity contribution in [2.24, 2.45) is 35.0 Å². The van der Waals surface area contributed by atoms with Crippen LogP contribution in [0.15, 0.2) is 22.8 Å². The molecule has 2 bridgehead atoms. The van der Waals surface area contributed by atoms with Crippen LogP contribution in [0.3, 0.4) is 0 Å². The van der Waals surface area contributed by atoms with Gasteiger partial charge in [0.15, 0.2) is 0 Å². The number of ketones is 2. The van der Waals surface area contributed by atoms with Gasteiger partial charge >= 0.3 is 0 Å². The van der Waals surface area contributed by atoms with Gasteiger partial charge in [0, 0.05) is 6.61 Å². The van der Waals surface area contributed by atoms with Gasteiger partial charge in [0.2, 0.25) is 11.6 Å². The van der Waals surface area contributed by atoms with Crippen molar-refractivity contribution >= 4 is 11.6 Å². The van der Waals surface area contributed by atoms with E-state index in [-0.39, 0.29) is 35.4 Å². The molecule has 0 aromatic carbocycles. The van der Waals surface area contributed by atoms with E-state index >= 15 is 0 Å². The Morgan fingerprint density at radius 1 is 1.04 bits per heavy atom. The van der Waals surface area contributed by atoms with Crippen LogP contribution in [0.2, 0.25) is 0 Å². The number of carbonyl (C=O) groups is 2. The molecule has 0 radical (unpaired) electrons. The van der Waals surface area contributed by atoms with Crippen LogP contribution in [-0.4, -0.2) is 23.3 Å². The summed E-state index contributed by atoms with van der Waals surface area (Å²) in [6.07, 6.45) is 6.10. The van der Waals surface area contributed by atoms with Crippen LogP contribution in [0.1, 0.15) is 46.5 Å². The molecule has 1 fully saturated rings. The van der Waals surface area contributed by atoms with Crippen molar-refractivity contribution in [1.82, 2.24) is 0 Å². The van der Waals surface area contributed by atoms with Crippen molar-refractivity contribution in [3.8, 4) is 0 Å². The molecule has 3 nitrogen and oxygen atoms in total. The summed E-state index contributed by atoms with van der Waals surface area (Å²) in [5.74, 6) is 0.773. The maximum atomic E-state index is 12.6. The third-order valence-corrected chi connectivity index (χ3v) is 6.66. The molecule has 0 aliphatic heterocycles. The average molecular weight is 314 g/mol. The number of aliphatic hydroxyl groups is 1. The van der Waals surface area contributed by atoms with Crippen LogP contribution in [-0.2, 0) is 9.59 Å². The van der Waals surface area contributed by atoms with E-state index in [1.54, 1.807) is 0 Å². The Bertz CT molecular complexity index is 646. The highest BCUT2D eigenvalue weighted by atomic mass is 16.3. The highest BCUT2D eigenvalue weighted by Gasteiger charge is 2.53. The van der Waals surface area contributed by atoms with Gasteiger partial charge in [-0.05, 0) is 48.9 Å². The maximum Gasteiger partial charge on any atom is 0.210 e. The van der Waals surface area contributed by atoms with Gasteiger partial charge in [0.1, 0.15) is 0 Å². The summed E-state index contributed by atoms with van der Waals surface area (Å²) in [5.41, 5.74) is 3.58. The standard InChI is InChI=1S/C20H26O3/c1-20(2,3)16-8-14-12-5-4-10-11(15(10)9-21)6-7-13(12)17(16)19(23)18(14)22/h8,10-11,14-15,17,21H,4-7,9H2,1-3H3/t10-,11+,14?,15-,17?/m0/s1. The molecule has 0 spiro atoms. The average Bonchev–Trinajstić information content (AvgIpc) is 3.14. The van der Waals surface area contributed by atoms with E-state index in [0.29, 0.717) is 17.8 Å². The number of hydrogen-bond donors (Lipinski definition) is 1. The Morgan fingerprint density at radius 3 is 2.22 bits per heavy atom. The van der Waals surface area contributed by atoms with Crippen molar-refractivity contribution in [2.75, 3.05) is 6.61 Å². The molecule has 5 rings (SSSR count). The number of fused-ring (bicyclic) bond motifs is 2. The van der Waals surface area contributed by atoms with Crippen molar-refractivity contribution in [1.29, 1.82) is 0 Å². The molecule has 5 aliphatic carbocycles. The van der Waals surface area contributed by atoms with E-state index in [1.165, 1.54) is 11.1 Å². The van der Waals surface area contributed by atoms with Gasteiger partial charge in [0.25, 0.3) is 0 Å². The molecule has 0 aromatic heterocycles. The molecule has 0 aromatic rings. The van der Waals surface area contributed by atoms with E-state index in [1.807, 2.05) is 0 Å². The molecule has 1 saturated carbocycles. The van der Waals surface area contributed by atoms with Crippen molar-refractivity contribution in [3.05, 3.63) is 22.8 Å². The Morgan fingerprint density at radius 2 is 1.65 bits per heavy atom. The molecule has 23 heavy (non-hydrogen) atoms. The molecule has 0 heterocycles. The highest BCUT2D eigenvalue weighted by molar-refractivity contribution is 6.42. The summed E-state index contributed by atoms with van der Waals surface area (Å²) in [6.45, 7) is 6.70. The first-order valence-electron chi connectivity index (χ1n) is 8.97. The summed E-state index contributed by atoms with van der Waals surface area (Å²) in [4.78, 5) is 25.1. The smallest absolute Gasteiger partial charge is 0.210 e. The molecule has 5 aliphatic rings. The minimum atomic E-state index is -0.292. The fraction of sp³-hybridized carbons (Fsp3) is 0.700. The summed E-state index contributed by atoms with van der Waals surface area (Å²) >= 11 is 0. The van der Waals surface area contributed by atoms with Gasteiger partial charge in [-0.3, -0.25) is 9.59 Å². The van der Waals surface area contributed by atoms with E-state index in [2.05, 4.69) is 26.8 Å². The predicted octanol–water partition coefficient (Wildman–Crippen LogP) is 3.08. The lowest BCUT2D eigenvalue weighted by atomic mass is 9.59. The normalized spacial score (nSPS) is 39.5. The third kappa shape index (κ3) is 2.12. The number of carbonyl (C=O) groups excluding carboxylic acids is 2. The Hall–Kier alpha value is -1.22. The number of allylic oxidation sites excluding steroid dienone is 4. The van der Waals surface area contributed by atoms with Crippen molar-refractivity contribution < 1.29 is 14.7 Å². The molecular weight excluding hydrogens is 288 g/mol. The Kier molecular flexibility index (Phi) is 3.26. The van der Waals surface area contributed by atoms with Gasteiger partial charge in [-0.25, -0.2) is 0 Å². The molecule has 5 atom stereocenters. The van der Waals surface area contributed by atoms with E-state index < -0.39 is 0 Å². The predicted molar refractivity (Wildman–Crippen MR) is 87.6 cm³/mol. The van der Waals surface area contributed by atoms with Gasteiger partial charge < -0.3 is 5.11 Å². The number of aliphatic hydroxyl groups excluding tert-OH is 1. The van der Waals surface area contributed by atoms with Gasteiger partial charge in [-0.15, -0.1) is 0 Å². The van der Waals surface area contributed by atoms with Crippen molar-refractivity contribution in [2.45, 2.75) is 46.5 Å². The van der Waals surface area contributed by atoms with Crippen LogP contribution in [0.5, 0.6) is 0 Å². The lowest BCUT2D eigenvalue weighted by Gasteiger charge is -2.43. The monoisotopic (exact) mass is 314 g/mol. The molecule has 0 amide bonds. The zero-order valence-corrected chi connectivity index (χ0v) is 14.3. The van der Waals surface area contributed by atoms with E-state index in [0.717, 1.165) is 31.3 Å². The van der Waals surface area contributed by atoms with Gasteiger partial charge in [0.05, 0.1) is 11.8 Å². The number of Topliss-reactive ketones (excluding diaryl/α,β-unsaturated/α-hetero) is 2. The first kappa shape index (κ1) is 15.3. The molecule has 124 valence electrons. The third-order valence-electron chi connectivity index (χ3n) is 6.66. The summed E-state index contributed by atoms with van der Waals surface area (Å²) in [5, 5.41) is 9.50. The molecule has 0 saturated heterocycles. The second-order valence-electron chi connectivity index (χ2n) is 8.81. The van der Waals surface area contributed by atoms with E-state index in [4.69, 9.17) is 0 Å². The minimum absolute atomic E-state index is 0.0735. The minimum Gasteiger partial charge on any atom is -0.396 e. The van der Waals surface area contributed by atoms with Gasteiger partial charge in [-0.2, -0.15) is 0 Å². The zero-order valence-electron chi connectivity index (χ0n) is 14.3. The Labute approximate surface area is 137 Å². The van der Waals surface area contributed by atoms with Crippen LogP contribution in [0.4, 0.5) is 0 Å². The van der Waals surface area contributed by atoms with Crippen LogP contribution in [0, 0.1) is 35.0 Å². The number of hydrogen-bond acceptors (Lipinski definition) is 3. The molecular formula is C20H26O3. The summed E-state index contributed by atoms with van der Waals surface area (Å²) in [6, 6.07) is 0. The molecule has 1 N–H and O–H groups in total. The maximum absolute atomic E-state index is 12.6. The SMILES string of the molecule is CC(C)(C)C1=CC2C(=O)C(=O)C1C1=C2CC[C@@H]2[C@H](CO)[C@@H]2CC1. The first-order chi connectivity index (χ1) is 10.8. The van der Waals surface area contributed by atoms with Crippen LogP contribution < -0.4 is 0 Å². The summed E-state index contributed by atoms with van der Waals surface area (Å²) < 4.78 is 0. The Balaban J connectivity index is 1.71. The lowest BCUT2D eigenvalue weighted by Crippen LogP contribution is -2.45. The zero-order chi connectivity index (χ0) is 16.5. The van der Waals surface area contributed by atoms with Gasteiger partial charge in [-0.1, -0.05) is 43.6 Å². The molecule has 2 unspecified atom stereocenters. The summed E-state index contributed by atoms with van der Waals surface area (Å²) in [7, 11) is 0. The number of rotatable bonds is 1. The fourth-order valence-electron chi connectivity index (χ4n) is 5.38. The quantitative estimate of drug-likeness (QED) is 0.598. The lowest BCUT2D eigenvalue weighted by molar-refractivity contribution is -0.140. The van der Waals surface area contributed by atoms with E-state index in [9.17, 15) is 14.7 Å². The highest BCUT2D eigenvalue weighted by Crippen LogP contribution is 2.57. The fourth-order valence-corrected chi connectivity index (χ4v) is 5.38. The van der Waals surface area contributed by atoms with Crippen molar-refractivity contribution in [3.63, 3.8) is 0 Å². The molecule has 3 heteroatoms. The van der Waals surface area contributed by atoms with Crippen LogP contribution >= 0.6 is 0 Å². The first-order valence-corrected chi connectivity index (χ1v) is 8.97. The second kappa shape index (κ2) is 4.89. The van der Waals surface area contributed by atoms with Crippen LogP contribution in [0.25, 0.3) is 0 Å². The largest absolute Gasteiger partial charge is 0.396 e. The topological polar surface area (TPSA) is 54.4 Å². The second-order valence-corrected chi connectivity index (χ2v) is 8.81.